The van der Waals surface area contributed by atoms with Gasteiger partial charge in [-0.2, -0.15) is 0 Å². The summed E-state index contributed by atoms with van der Waals surface area (Å²) in [5.41, 5.74) is 2.06. The van der Waals surface area contributed by atoms with Crippen molar-refractivity contribution < 1.29 is 9.53 Å². The van der Waals surface area contributed by atoms with Crippen molar-refractivity contribution in [3.63, 3.8) is 0 Å². The van der Waals surface area contributed by atoms with E-state index in [1.54, 1.807) is 30.3 Å². The number of hydrogen-bond acceptors (Lipinski definition) is 3. The topological polar surface area (TPSA) is 41.9 Å². The first-order valence-corrected chi connectivity index (χ1v) is 9.20. The number of rotatable bonds is 5. The number of aryl methyl sites for hydroxylation is 1. The number of carbonyl (C=O) groups is 1. The van der Waals surface area contributed by atoms with Crippen molar-refractivity contribution in [2.75, 3.05) is 20.2 Å². The zero-order chi connectivity index (χ0) is 18.7. The molecule has 0 aromatic heterocycles. The molecule has 1 heterocycles. The van der Waals surface area contributed by atoms with Gasteiger partial charge in [0.1, 0.15) is 11.6 Å². The molecular formula is C20H20Cl2N2O2. The van der Waals surface area contributed by atoms with Gasteiger partial charge in [-0.15, -0.1) is 0 Å². The van der Waals surface area contributed by atoms with Gasteiger partial charge in [0.15, 0.2) is 6.61 Å². The lowest BCUT2D eigenvalue weighted by Crippen LogP contribution is -2.18. The minimum Gasteiger partial charge on any atom is -0.485 e. The van der Waals surface area contributed by atoms with E-state index in [1.165, 1.54) is 0 Å². The first-order valence-electron chi connectivity index (χ1n) is 8.44. The van der Waals surface area contributed by atoms with Crippen LogP contribution in [0.15, 0.2) is 41.4 Å². The molecule has 0 saturated carbocycles. The van der Waals surface area contributed by atoms with Gasteiger partial charge in [-0.25, -0.2) is 4.99 Å². The molecule has 0 atom stereocenters. The zero-order valence-electron chi connectivity index (χ0n) is 14.8. The maximum Gasteiger partial charge on any atom is 0.200 e. The predicted octanol–water partition coefficient (Wildman–Crippen LogP) is 5.32. The average molecular weight is 391 g/mol. The number of carbonyl (C=O) groups excluding carboxylic acids is 1. The Bertz CT molecular complexity index is 865. The van der Waals surface area contributed by atoms with Crippen LogP contribution in [-0.4, -0.2) is 36.7 Å². The minimum absolute atomic E-state index is 0.0753. The Labute approximate surface area is 163 Å². The van der Waals surface area contributed by atoms with Crippen LogP contribution in [0.3, 0.4) is 0 Å². The summed E-state index contributed by atoms with van der Waals surface area (Å²) in [6.45, 7) is 2.81. The molecule has 1 saturated heterocycles. The number of likely N-dealkylation sites (tertiary alicyclic amines) is 1. The summed E-state index contributed by atoms with van der Waals surface area (Å²) in [5.74, 6) is 1.44. The monoisotopic (exact) mass is 390 g/mol. The van der Waals surface area contributed by atoms with E-state index >= 15 is 0 Å². The van der Waals surface area contributed by atoms with Crippen LogP contribution in [-0.2, 0) is 0 Å². The Morgan fingerprint density at radius 1 is 1.27 bits per heavy atom. The minimum atomic E-state index is -0.137. The summed E-state index contributed by atoms with van der Waals surface area (Å²) in [4.78, 5) is 19.3. The molecule has 26 heavy (non-hydrogen) atoms. The third kappa shape index (κ3) is 4.37. The summed E-state index contributed by atoms with van der Waals surface area (Å²) in [6, 6.07) is 10.5. The van der Waals surface area contributed by atoms with E-state index in [1.807, 2.05) is 20.0 Å². The normalized spacial score (nSPS) is 15.5. The number of ether oxygens (including phenoxy) is 1. The van der Waals surface area contributed by atoms with Crippen LogP contribution in [0.1, 0.15) is 28.8 Å². The first kappa shape index (κ1) is 18.7. The molecule has 1 aliphatic rings. The van der Waals surface area contributed by atoms with Gasteiger partial charge in [-0.3, -0.25) is 4.79 Å². The number of amidine groups is 1. The Kier molecular flexibility index (Phi) is 5.84. The Morgan fingerprint density at radius 2 is 2.08 bits per heavy atom. The van der Waals surface area contributed by atoms with Gasteiger partial charge >= 0.3 is 0 Å². The second kappa shape index (κ2) is 8.11. The highest BCUT2D eigenvalue weighted by Gasteiger charge is 2.17. The molecule has 0 unspecified atom stereocenters. The molecule has 3 rings (SSSR count). The number of benzene rings is 2. The van der Waals surface area contributed by atoms with Gasteiger partial charge in [0, 0.05) is 30.6 Å². The molecule has 0 N–H and O–H groups in total. The van der Waals surface area contributed by atoms with Crippen LogP contribution < -0.4 is 4.74 Å². The molecule has 2 aromatic carbocycles. The highest BCUT2D eigenvalue weighted by atomic mass is 35.5. The van der Waals surface area contributed by atoms with Crippen LogP contribution in [0.2, 0.25) is 10.0 Å². The third-order valence-corrected chi connectivity index (χ3v) is 4.88. The van der Waals surface area contributed by atoms with Crippen molar-refractivity contribution in [3.8, 4) is 5.75 Å². The van der Waals surface area contributed by atoms with Crippen LogP contribution in [0.5, 0.6) is 5.75 Å². The van der Waals surface area contributed by atoms with Crippen molar-refractivity contribution in [1.82, 2.24) is 4.90 Å². The van der Waals surface area contributed by atoms with Gasteiger partial charge in [-0.05, 0) is 49.2 Å². The smallest absolute Gasteiger partial charge is 0.200 e. The molecular weight excluding hydrogens is 371 g/mol. The number of hydrogen-bond donors (Lipinski definition) is 0. The molecule has 136 valence electrons. The quantitative estimate of drug-likeness (QED) is 0.648. The summed E-state index contributed by atoms with van der Waals surface area (Å²) in [5, 5.41) is 1.03. The van der Waals surface area contributed by atoms with Gasteiger partial charge in [0.2, 0.25) is 5.78 Å². The second-order valence-corrected chi connectivity index (χ2v) is 7.18. The van der Waals surface area contributed by atoms with Crippen LogP contribution in [0, 0.1) is 6.92 Å². The summed E-state index contributed by atoms with van der Waals surface area (Å²) in [6.07, 6.45) is 2.05. The van der Waals surface area contributed by atoms with Gasteiger partial charge in [-0.1, -0.05) is 29.3 Å². The fourth-order valence-corrected chi connectivity index (χ4v) is 3.30. The Balaban J connectivity index is 1.76. The molecule has 0 amide bonds. The van der Waals surface area contributed by atoms with E-state index in [-0.39, 0.29) is 12.4 Å². The number of aliphatic imine (C=N–C) groups is 1. The molecule has 0 spiro atoms. The van der Waals surface area contributed by atoms with E-state index in [2.05, 4.69) is 9.89 Å². The number of nitrogens with zero attached hydrogens (tertiary/aromatic N) is 2. The third-order valence-electron chi connectivity index (χ3n) is 4.34. The summed E-state index contributed by atoms with van der Waals surface area (Å²) in [7, 11) is 2.03. The fourth-order valence-electron chi connectivity index (χ4n) is 2.91. The zero-order valence-corrected chi connectivity index (χ0v) is 16.3. The highest BCUT2D eigenvalue weighted by molar-refractivity contribution is 6.33. The van der Waals surface area contributed by atoms with E-state index in [0.717, 1.165) is 30.8 Å². The van der Waals surface area contributed by atoms with E-state index in [0.29, 0.717) is 27.0 Å². The first-order chi connectivity index (χ1) is 12.4. The lowest BCUT2D eigenvalue weighted by Gasteiger charge is -2.13. The Hall–Kier alpha value is -2.04. The van der Waals surface area contributed by atoms with Gasteiger partial charge in [0.25, 0.3) is 0 Å². The average Bonchev–Trinajstić information content (AvgIpc) is 3.00. The number of Topliss-reactive ketones (excluding diaryl/α,β-unsaturated/α-hetero) is 1. The maximum atomic E-state index is 12.5. The molecule has 2 aromatic rings. The molecule has 0 bridgehead atoms. The molecule has 0 radical (unpaired) electrons. The Morgan fingerprint density at radius 3 is 2.77 bits per heavy atom. The molecule has 0 aliphatic carbocycles. The largest absolute Gasteiger partial charge is 0.485 e. The van der Waals surface area contributed by atoms with Crippen LogP contribution in [0.4, 0.5) is 5.69 Å². The van der Waals surface area contributed by atoms with E-state index < -0.39 is 0 Å². The fraction of sp³-hybridized carbons (Fsp3) is 0.300. The summed E-state index contributed by atoms with van der Waals surface area (Å²) >= 11 is 12.3. The van der Waals surface area contributed by atoms with Crippen molar-refractivity contribution in [2.45, 2.75) is 19.8 Å². The van der Waals surface area contributed by atoms with E-state index in [9.17, 15) is 4.79 Å². The lowest BCUT2D eigenvalue weighted by atomic mass is 10.0. The van der Waals surface area contributed by atoms with Crippen molar-refractivity contribution in [2.24, 2.45) is 4.99 Å². The molecule has 1 aliphatic heterocycles. The number of halogens is 2. The summed E-state index contributed by atoms with van der Waals surface area (Å²) < 4.78 is 5.54. The maximum absolute atomic E-state index is 12.5. The standard InChI is InChI=1S/C20H20Cl2N2O2/c1-13-9-18(23-20-7-4-8-24(20)2)17(22)11-16(13)19(25)12-26-15-6-3-5-14(21)10-15/h3,5-6,9-11H,4,7-8,12H2,1-2H3. The van der Waals surface area contributed by atoms with Gasteiger partial charge < -0.3 is 9.64 Å². The second-order valence-electron chi connectivity index (χ2n) is 6.34. The van der Waals surface area contributed by atoms with Crippen molar-refractivity contribution in [1.29, 1.82) is 0 Å². The highest BCUT2D eigenvalue weighted by Crippen LogP contribution is 2.30. The molecule has 1 fully saturated rings. The van der Waals surface area contributed by atoms with Crippen LogP contribution in [0.25, 0.3) is 0 Å². The number of ketones is 1. The van der Waals surface area contributed by atoms with Crippen molar-refractivity contribution >= 4 is 40.5 Å². The molecule has 6 heteroatoms. The predicted molar refractivity (Wildman–Crippen MR) is 106 cm³/mol. The SMILES string of the molecule is Cc1cc(N=C2CCCN2C)c(Cl)cc1C(=O)COc1cccc(Cl)c1. The van der Waals surface area contributed by atoms with Gasteiger partial charge in [0.05, 0.1) is 10.7 Å². The lowest BCUT2D eigenvalue weighted by molar-refractivity contribution is 0.0921. The molecule has 4 nitrogen and oxygen atoms in total. The van der Waals surface area contributed by atoms with E-state index in [4.69, 9.17) is 27.9 Å². The van der Waals surface area contributed by atoms with Crippen LogP contribution >= 0.6 is 23.2 Å². The van der Waals surface area contributed by atoms with Crippen molar-refractivity contribution in [3.05, 3.63) is 57.6 Å².